The van der Waals surface area contributed by atoms with E-state index in [1.165, 1.54) is 11.0 Å². The molecule has 0 unspecified atom stereocenters. The first-order chi connectivity index (χ1) is 8.15. The maximum absolute atomic E-state index is 11.6. The number of nitrogens with one attached hydrogen (secondary N) is 1. The van der Waals surface area contributed by atoms with E-state index in [1.54, 1.807) is 18.2 Å². The summed E-state index contributed by atoms with van der Waals surface area (Å²) >= 11 is 9.25. The minimum atomic E-state index is -0.249. The summed E-state index contributed by atoms with van der Waals surface area (Å²) in [4.78, 5) is 11.6. The number of rotatable bonds is 3. The van der Waals surface area contributed by atoms with Crippen LogP contribution in [-0.2, 0) is 11.3 Å². The Hall–Kier alpha value is -1.47. The van der Waals surface area contributed by atoms with Crippen molar-refractivity contribution in [3.05, 3.63) is 34.0 Å². The first kappa shape index (κ1) is 12.0. The second-order valence-corrected chi connectivity index (χ2v) is 4.50. The molecule has 1 amide bonds. The van der Waals surface area contributed by atoms with Crippen LogP contribution >= 0.6 is 27.5 Å². The number of hydrogen-bond acceptors (Lipinski definition) is 4. The Labute approximate surface area is 110 Å². The second kappa shape index (κ2) is 5.24. The largest absolute Gasteiger partial charge is 0.323 e. The summed E-state index contributed by atoms with van der Waals surface area (Å²) in [6.45, 7) is 0.0411. The van der Waals surface area contributed by atoms with Crippen LogP contribution in [0.15, 0.2) is 29.0 Å². The molecule has 0 spiro atoms. The van der Waals surface area contributed by atoms with Gasteiger partial charge < -0.3 is 5.32 Å². The highest BCUT2D eigenvalue weighted by atomic mass is 79.9. The van der Waals surface area contributed by atoms with Gasteiger partial charge in [-0.05, 0) is 28.6 Å². The normalized spacial score (nSPS) is 10.2. The molecule has 0 saturated heterocycles. The van der Waals surface area contributed by atoms with Crippen LogP contribution in [-0.4, -0.2) is 26.1 Å². The third kappa shape index (κ3) is 3.24. The Bertz CT molecular complexity index is 530. The van der Waals surface area contributed by atoms with Crippen molar-refractivity contribution in [3.63, 3.8) is 0 Å². The summed E-state index contributed by atoms with van der Waals surface area (Å²) in [5, 5.41) is 13.6. The van der Waals surface area contributed by atoms with Gasteiger partial charge >= 0.3 is 0 Å². The van der Waals surface area contributed by atoms with E-state index in [0.717, 1.165) is 4.47 Å². The van der Waals surface area contributed by atoms with E-state index in [2.05, 4.69) is 36.8 Å². The number of anilines is 1. The molecule has 8 heteroatoms. The van der Waals surface area contributed by atoms with E-state index < -0.39 is 0 Å². The number of tetrazole rings is 1. The highest BCUT2D eigenvalue weighted by Gasteiger charge is 2.07. The molecule has 1 aromatic carbocycles. The number of amides is 1. The van der Waals surface area contributed by atoms with Crippen LogP contribution in [0.1, 0.15) is 0 Å². The molecular formula is C9H7BrClN5O. The van der Waals surface area contributed by atoms with Crippen molar-refractivity contribution in [2.45, 2.75) is 6.54 Å². The van der Waals surface area contributed by atoms with E-state index >= 15 is 0 Å². The number of carbonyl (C=O) groups is 1. The molecule has 0 saturated carbocycles. The summed E-state index contributed by atoms with van der Waals surface area (Å²) in [7, 11) is 0. The van der Waals surface area contributed by atoms with E-state index in [-0.39, 0.29) is 12.5 Å². The molecule has 0 bridgehead atoms. The highest BCUT2D eigenvalue weighted by Crippen LogP contribution is 2.25. The van der Waals surface area contributed by atoms with Crippen LogP contribution in [0.3, 0.4) is 0 Å². The number of benzene rings is 1. The third-order valence-corrected chi connectivity index (χ3v) is 2.71. The summed E-state index contributed by atoms with van der Waals surface area (Å²) < 4.78 is 2.17. The van der Waals surface area contributed by atoms with E-state index in [9.17, 15) is 4.79 Å². The molecule has 0 radical (unpaired) electrons. The lowest BCUT2D eigenvalue weighted by atomic mass is 10.3. The molecule has 17 heavy (non-hydrogen) atoms. The van der Waals surface area contributed by atoms with Crippen LogP contribution in [0, 0.1) is 0 Å². The lowest BCUT2D eigenvalue weighted by molar-refractivity contribution is -0.116. The van der Waals surface area contributed by atoms with Crippen molar-refractivity contribution in [3.8, 4) is 0 Å². The molecule has 1 aromatic heterocycles. The molecule has 2 aromatic rings. The van der Waals surface area contributed by atoms with Gasteiger partial charge in [-0.25, -0.2) is 4.68 Å². The van der Waals surface area contributed by atoms with E-state index in [4.69, 9.17) is 11.6 Å². The number of nitrogens with zero attached hydrogens (tertiary/aromatic N) is 4. The fourth-order valence-electron chi connectivity index (χ4n) is 1.18. The van der Waals surface area contributed by atoms with Gasteiger partial charge in [-0.2, -0.15) is 0 Å². The Morgan fingerprint density at radius 1 is 1.53 bits per heavy atom. The summed E-state index contributed by atoms with van der Waals surface area (Å²) in [6, 6.07) is 5.20. The van der Waals surface area contributed by atoms with Gasteiger partial charge in [0.2, 0.25) is 5.91 Å². The Morgan fingerprint density at radius 3 is 3.00 bits per heavy atom. The van der Waals surface area contributed by atoms with E-state index in [1.807, 2.05) is 0 Å². The molecule has 0 aliphatic carbocycles. The molecule has 0 aliphatic heterocycles. The minimum Gasteiger partial charge on any atom is -0.323 e. The molecule has 0 atom stereocenters. The molecule has 2 rings (SSSR count). The Balaban J connectivity index is 2.03. The van der Waals surface area contributed by atoms with Crippen molar-refractivity contribution in [1.29, 1.82) is 0 Å². The smallest absolute Gasteiger partial charge is 0.246 e. The summed E-state index contributed by atoms with van der Waals surface area (Å²) in [5.74, 6) is -0.249. The van der Waals surface area contributed by atoms with Gasteiger partial charge in [0, 0.05) is 4.47 Å². The zero-order valence-corrected chi connectivity index (χ0v) is 10.8. The molecule has 0 aliphatic rings. The number of hydrogen-bond donors (Lipinski definition) is 1. The average Bonchev–Trinajstić information content (AvgIpc) is 2.75. The van der Waals surface area contributed by atoms with Gasteiger partial charge in [0.1, 0.15) is 12.9 Å². The van der Waals surface area contributed by atoms with Crippen LogP contribution < -0.4 is 5.32 Å². The number of aromatic nitrogens is 4. The van der Waals surface area contributed by atoms with Crippen LogP contribution in [0.4, 0.5) is 5.69 Å². The van der Waals surface area contributed by atoms with Crippen LogP contribution in [0.5, 0.6) is 0 Å². The lowest BCUT2D eigenvalue weighted by Crippen LogP contribution is -2.19. The molecule has 0 fully saturated rings. The topological polar surface area (TPSA) is 72.7 Å². The van der Waals surface area contributed by atoms with Gasteiger partial charge in [-0.15, -0.1) is 5.10 Å². The van der Waals surface area contributed by atoms with Gasteiger partial charge in [0.05, 0.1) is 10.7 Å². The predicted molar refractivity (Wildman–Crippen MR) is 65.6 cm³/mol. The quantitative estimate of drug-likeness (QED) is 0.936. The fourth-order valence-corrected chi connectivity index (χ4v) is 1.90. The fraction of sp³-hybridized carbons (Fsp3) is 0.111. The third-order valence-electron chi connectivity index (χ3n) is 1.90. The zero-order chi connectivity index (χ0) is 12.3. The summed E-state index contributed by atoms with van der Waals surface area (Å²) in [6.07, 6.45) is 1.36. The van der Waals surface area contributed by atoms with Gasteiger partial charge in [-0.1, -0.05) is 27.5 Å². The minimum absolute atomic E-state index is 0.0411. The number of carbonyl (C=O) groups excluding carboxylic acids is 1. The SMILES string of the molecule is O=C(Cn1cnnn1)Nc1ccc(Br)cc1Cl. The van der Waals surface area contributed by atoms with Crippen molar-refractivity contribution >= 4 is 39.1 Å². The average molecular weight is 317 g/mol. The van der Waals surface area contributed by atoms with Gasteiger partial charge in [0.25, 0.3) is 0 Å². The molecule has 88 valence electrons. The van der Waals surface area contributed by atoms with Gasteiger partial charge in [-0.3, -0.25) is 4.79 Å². The second-order valence-electron chi connectivity index (χ2n) is 3.18. The Kier molecular flexibility index (Phi) is 3.70. The first-order valence-electron chi connectivity index (χ1n) is 4.61. The van der Waals surface area contributed by atoms with E-state index in [0.29, 0.717) is 10.7 Å². The van der Waals surface area contributed by atoms with Crippen molar-refractivity contribution in [2.24, 2.45) is 0 Å². The number of halogens is 2. The molecule has 1 N–H and O–H groups in total. The van der Waals surface area contributed by atoms with Crippen LogP contribution in [0.2, 0.25) is 5.02 Å². The van der Waals surface area contributed by atoms with Gasteiger partial charge in [0.15, 0.2) is 0 Å². The molecule has 1 heterocycles. The maximum atomic E-state index is 11.6. The standard InChI is InChI=1S/C9H7BrClN5O/c10-6-1-2-8(7(11)3-6)13-9(17)4-16-5-12-14-15-16/h1-3,5H,4H2,(H,13,17). The highest BCUT2D eigenvalue weighted by molar-refractivity contribution is 9.10. The summed E-state index contributed by atoms with van der Waals surface area (Å²) in [5.41, 5.74) is 0.549. The first-order valence-corrected chi connectivity index (χ1v) is 5.78. The van der Waals surface area contributed by atoms with Crippen molar-refractivity contribution < 1.29 is 4.79 Å². The van der Waals surface area contributed by atoms with Crippen LogP contribution in [0.25, 0.3) is 0 Å². The predicted octanol–water partition coefficient (Wildman–Crippen LogP) is 1.73. The van der Waals surface area contributed by atoms with Crippen molar-refractivity contribution in [1.82, 2.24) is 20.2 Å². The lowest BCUT2D eigenvalue weighted by Gasteiger charge is -2.06. The monoisotopic (exact) mass is 315 g/mol. The zero-order valence-electron chi connectivity index (χ0n) is 8.47. The Morgan fingerprint density at radius 2 is 2.35 bits per heavy atom. The maximum Gasteiger partial charge on any atom is 0.246 e. The molecular weight excluding hydrogens is 309 g/mol. The molecule has 6 nitrogen and oxygen atoms in total. The van der Waals surface area contributed by atoms with Crippen molar-refractivity contribution in [2.75, 3.05) is 5.32 Å².